The number of esters is 1. The number of benzene rings is 2. The summed E-state index contributed by atoms with van der Waals surface area (Å²) in [6.45, 7) is -0.494. The molecule has 0 spiro atoms. The summed E-state index contributed by atoms with van der Waals surface area (Å²) >= 11 is 1.54. The lowest BCUT2D eigenvalue weighted by molar-refractivity contribution is -0.384. The molecule has 27 heavy (non-hydrogen) atoms. The standard InChI is InChI=1S/C18H19N3O5S/c1-20(2)15-8-7-12(9-16(15)21(24)25)18(23)26-11-17(22)19-13-5-4-6-14(10-13)27-3/h4-10H,11H2,1-3H3,(H,19,22). The van der Waals surface area contributed by atoms with Gasteiger partial charge in [0.15, 0.2) is 6.61 Å². The van der Waals surface area contributed by atoms with Crippen LogP contribution in [0.5, 0.6) is 0 Å². The third kappa shape index (κ3) is 5.45. The first kappa shape index (κ1) is 20.2. The van der Waals surface area contributed by atoms with E-state index in [1.807, 2.05) is 12.3 Å². The van der Waals surface area contributed by atoms with E-state index in [9.17, 15) is 19.7 Å². The second kappa shape index (κ2) is 9.04. The van der Waals surface area contributed by atoms with Gasteiger partial charge in [0.25, 0.3) is 11.6 Å². The molecule has 0 aliphatic heterocycles. The number of ether oxygens (including phenoxy) is 1. The Labute approximate surface area is 160 Å². The lowest BCUT2D eigenvalue weighted by atomic mass is 10.1. The lowest BCUT2D eigenvalue weighted by Crippen LogP contribution is -2.21. The van der Waals surface area contributed by atoms with Gasteiger partial charge in [-0.15, -0.1) is 11.8 Å². The van der Waals surface area contributed by atoms with Crippen molar-refractivity contribution in [2.45, 2.75) is 4.90 Å². The maximum absolute atomic E-state index is 12.1. The zero-order chi connectivity index (χ0) is 20.0. The van der Waals surface area contributed by atoms with E-state index in [4.69, 9.17) is 4.74 Å². The molecule has 8 nitrogen and oxygen atoms in total. The van der Waals surface area contributed by atoms with Crippen LogP contribution in [0.2, 0.25) is 0 Å². The van der Waals surface area contributed by atoms with Crippen LogP contribution in [0, 0.1) is 10.1 Å². The highest BCUT2D eigenvalue weighted by molar-refractivity contribution is 7.98. The second-order valence-electron chi connectivity index (χ2n) is 5.71. The molecule has 0 aromatic heterocycles. The normalized spacial score (nSPS) is 10.2. The SMILES string of the molecule is CSc1cccc(NC(=O)COC(=O)c2ccc(N(C)C)c([N+](=O)[O-])c2)c1. The van der Waals surface area contributed by atoms with Gasteiger partial charge in [0.2, 0.25) is 0 Å². The van der Waals surface area contributed by atoms with E-state index in [1.54, 1.807) is 37.2 Å². The molecule has 1 amide bonds. The van der Waals surface area contributed by atoms with Crippen LogP contribution < -0.4 is 10.2 Å². The minimum Gasteiger partial charge on any atom is -0.452 e. The van der Waals surface area contributed by atoms with Crippen molar-refractivity contribution in [2.75, 3.05) is 37.2 Å². The molecule has 0 fully saturated rings. The highest BCUT2D eigenvalue weighted by atomic mass is 32.2. The van der Waals surface area contributed by atoms with Crippen LogP contribution >= 0.6 is 11.8 Å². The number of carbonyl (C=O) groups is 2. The van der Waals surface area contributed by atoms with Gasteiger partial charge in [0.1, 0.15) is 5.69 Å². The summed E-state index contributed by atoms with van der Waals surface area (Å²) in [5.74, 6) is -1.31. The average Bonchev–Trinajstić information content (AvgIpc) is 2.65. The minimum absolute atomic E-state index is 0.00415. The molecule has 0 aliphatic rings. The molecular formula is C18H19N3O5S. The Morgan fingerprint density at radius 1 is 1.22 bits per heavy atom. The van der Waals surface area contributed by atoms with Gasteiger partial charge in [-0.1, -0.05) is 6.07 Å². The van der Waals surface area contributed by atoms with Crippen LogP contribution in [0.15, 0.2) is 47.4 Å². The number of nitrogens with zero attached hydrogens (tertiary/aromatic N) is 2. The first-order valence-corrected chi connectivity index (χ1v) is 9.11. The Morgan fingerprint density at radius 2 is 1.96 bits per heavy atom. The molecule has 0 aliphatic carbocycles. The fourth-order valence-corrected chi connectivity index (χ4v) is 2.75. The van der Waals surface area contributed by atoms with E-state index < -0.39 is 23.4 Å². The third-order valence-electron chi connectivity index (χ3n) is 3.58. The van der Waals surface area contributed by atoms with E-state index >= 15 is 0 Å². The number of nitrogens with one attached hydrogen (secondary N) is 1. The van der Waals surface area contributed by atoms with Gasteiger partial charge in [0, 0.05) is 30.7 Å². The average molecular weight is 389 g/mol. The van der Waals surface area contributed by atoms with Crippen molar-refractivity contribution < 1.29 is 19.2 Å². The topological polar surface area (TPSA) is 102 Å². The summed E-state index contributed by atoms with van der Waals surface area (Å²) < 4.78 is 4.96. The summed E-state index contributed by atoms with van der Waals surface area (Å²) in [5, 5.41) is 13.8. The lowest BCUT2D eigenvalue weighted by Gasteiger charge is -2.13. The molecule has 0 saturated heterocycles. The van der Waals surface area contributed by atoms with Crippen molar-refractivity contribution in [3.63, 3.8) is 0 Å². The van der Waals surface area contributed by atoms with E-state index in [-0.39, 0.29) is 11.3 Å². The van der Waals surface area contributed by atoms with Crippen molar-refractivity contribution >= 4 is 40.7 Å². The fraction of sp³-hybridized carbons (Fsp3) is 0.222. The van der Waals surface area contributed by atoms with Gasteiger partial charge < -0.3 is 15.0 Å². The summed E-state index contributed by atoms with van der Waals surface area (Å²) in [7, 11) is 3.33. The molecule has 0 radical (unpaired) electrons. The number of amides is 1. The highest BCUT2D eigenvalue weighted by Crippen LogP contribution is 2.28. The molecule has 0 heterocycles. The number of nitro groups is 1. The monoisotopic (exact) mass is 389 g/mol. The summed E-state index contributed by atoms with van der Waals surface area (Å²) in [5.41, 5.74) is 0.745. The Kier molecular flexibility index (Phi) is 6.78. The van der Waals surface area contributed by atoms with Crippen LogP contribution in [-0.2, 0) is 9.53 Å². The highest BCUT2D eigenvalue weighted by Gasteiger charge is 2.20. The summed E-state index contributed by atoms with van der Waals surface area (Å²) in [6.07, 6.45) is 1.92. The van der Waals surface area contributed by atoms with Crippen LogP contribution in [0.3, 0.4) is 0 Å². The molecule has 0 unspecified atom stereocenters. The largest absolute Gasteiger partial charge is 0.452 e. The molecule has 2 aromatic rings. The van der Waals surface area contributed by atoms with Gasteiger partial charge in [-0.3, -0.25) is 14.9 Å². The number of rotatable bonds is 7. The smallest absolute Gasteiger partial charge is 0.338 e. The Morgan fingerprint density at radius 3 is 2.59 bits per heavy atom. The maximum Gasteiger partial charge on any atom is 0.338 e. The third-order valence-corrected chi connectivity index (χ3v) is 4.30. The van der Waals surface area contributed by atoms with Gasteiger partial charge in [-0.2, -0.15) is 0 Å². The van der Waals surface area contributed by atoms with Crippen molar-refractivity contribution in [1.82, 2.24) is 0 Å². The predicted molar refractivity (Wildman–Crippen MR) is 105 cm³/mol. The van der Waals surface area contributed by atoms with Crippen LogP contribution in [-0.4, -0.2) is 43.8 Å². The quantitative estimate of drug-likeness (QED) is 0.336. The molecule has 0 atom stereocenters. The molecule has 0 bridgehead atoms. The zero-order valence-corrected chi connectivity index (χ0v) is 15.9. The number of carbonyl (C=O) groups excluding carboxylic acids is 2. The Balaban J connectivity index is 2.01. The van der Waals surface area contributed by atoms with Crippen molar-refractivity contribution in [3.05, 3.63) is 58.1 Å². The predicted octanol–water partition coefficient (Wildman–Crippen LogP) is 3.18. The van der Waals surface area contributed by atoms with Crippen LogP contribution in [0.1, 0.15) is 10.4 Å². The summed E-state index contributed by atoms with van der Waals surface area (Å²) in [6, 6.07) is 11.3. The van der Waals surface area contributed by atoms with Crippen molar-refractivity contribution in [2.24, 2.45) is 0 Å². The van der Waals surface area contributed by atoms with E-state index in [1.165, 1.54) is 23.9 Å². The number of thioether (sulfide) groups is 1. The molecule has 0 saturated carbocycles. The number of hydrogen-bond acceptors (Lipinski definition) is 7. The number of hydrogen-bond donors (Lipinski definition) is 1. The van der Waals surface area contributed by atoms with E-state index in [0.29, 0.717) is 11.4 Å². The molecule has 1 N–H and O–H groups in total. The Bertz CT molecular complexity index is 870. The van der Waals surface area contributed by atoms with Crippen molar-refractivity contribution in [1.29, 1.82) is 0 Å². The van der Waals surface area contributed by atoms with Gasteiger partial charge in [-0.05, 0) is 36.6 Å². The molecular weight excluding hydrogens is 370 g/mol. The van der Waals surface area contributed by atoms with Crippen LogP contribution in [0.25, 0.3) is 0 Å². The molecule has 142 valence electrons. The first-order valence-electron chi connectivity index (χ1n) is 7.88. The van der Waals surface area contributed by atoms with Gasteiger partial charge in [0.05, 0.1) is 10.5 Å². The first-order chi connectivity index (χ1) is 12.8. The number of nitro benzene ring substituents is 1. The van der Waals surface area contributed by atoms with E-state index in [0.717, 1.165) is 11.0 Å². The van der Waals surface area contributed by atoms with Crippen LogP contribution in [0.4, 0.5) is 17.1 Å². The van der Waals surface area contributed by atoms with Crippen molar-refractivity contribution in [3.8, 4) is 0 Å². The minimum atomic E-state index is -0.809. The Hall–Kier alpha value is -3.07. The number of anilines is 2. The van der Waals surface area contributed by atoms with Gasteiger partial charge >= 0.3 is 5.97 Å². The van der Waals surface area contributed by atoms with E-state index in [2.05, 4.69) is 5.32 Å². The zero-order valence-electron chi connectivity index (χ0n) is 15.1. The fourth-order valence-electron chi connectivity index (χ4n) is 2.29. The molecule has 2 aromatic carbocycles. The second-order valence-corrected chi connectivity index (χ2v) is 6.59. The molecule has 2 rings (SSSR count). The molecule has 9 heteroatoms. The summed E-state index contributed by atoms with van der Waals surface area (Å²) in [4.78, 5) is 37.2. The maximum atomic E-state index is 12.1. The van der Waals surface area contributed by atoms with Gasteiger partial charge in [-0.25, -0.2) is 4.79 Å².